The molecule has 1 aliphatic heterocycles. The molecule has 1 aromatic heterocycles. The van der Waals surface area contributed by atoms with Gasteiger partial charge in [-0.25, -0.2) is 4.79 Å². The number of fused-ring (bicyclic) bond motifs is 1. The molecule has 3 aromatic rings. The molecule has 0 N–H and O–H groups in total. The van der Waals surface area contributed by atoms with E-state index < -0.39 is 17.8 Å². The number of thioether (sulfide) groups is 1. The summed E-state index contributed by atoms with van der Waals surface area (Å²) < 4.78 is 40.8. The largest absolute Gasteiger partial charge is 0.417 e. The predicted octanol–water partition coefficient (Wildman–Crippen LogP) is 6.14. The number of para-hydroxylation sites is 1. The molecule has 2 aromatic carbocycles. The Morgan fingerprint density at radius 2 is 1.83 bits per heavy atom. The number of anilines is 3. The van der Waals surface area contributed by atoms with Crippen LogP contribution in [0.5, 0.6) is 0 Å². The number of hydrogen-bond donors (Lipinski definition) is 0. The Labute approximate surface area is 176 Å². The van der Waals surface area contributed by atoms with Gasteiger partial charge in [0.1, 0.15) is 0 Å². The molecule has 0 spiro atoms. The second-order valence-corrected chi connectivity index (χ2v) is 7.59. The number of carbonyl (C=O) groups excluding carboxylic acids is 1. The van der Waals surface area contributed by atoms with Crippen molar-refractivity contribution >= 4 is 34.9 Å². The zero-order chi connectivity index (χ0) is 21.3. The molecule has 0 aliphatic carbocycles. The van der Waals surface area contributed by atoms with Crippen molar-refractivity contribution in [1.82, 2.24) is 4.98 Å². The van der Waals surface area contributed by atoms with Crippen LogP contribution < -0.4 is 9.80 Å². The fourth-order valence-corrected chi connectivity index (χ4v) is 4.21. The van der Waals surface area contributed by atoms with E-state index in [1.54, 1.807) is 61.1 Å². The fraction of sp³-hybridized carbons (Fsp3) is 0.182. The zero-order valence-corrected chi connectivity index (χ0v) is 16.9. The first kappa shape index (κ1) is 20.3. The van der Waals surface area contributed by atoms with Gasteiger partial charge in [0.2, 0.25) is 0 Å². The van der Waals surface area contributed by atoms with Crippen molar-refractivity contribution in [3.8, 4) is 0 Å². The third-order valence-electron chi connectivity index (χ3n) is 4.94. The van der Waals surface area contributed by atoms with Crippen molar-refractivity contribution in [2.45, 2.75) is 17.5 Å². The highest BCUT2D eigenvalue weighted by Gasteiger charge is 2.37. The summed E-state index contributed by atoms with van der Waals surface area (Å²) in [7, 11) is 0. The minimum absolute atomic E-state index is 0.169. The maximum absolute atomic E-state index is 13.6. The van der Waals surface area contributed by atoms with E-state index >= 15 is 0 Å². The molecule has 0 saturated heterocycles. The summed E-state index contributed by atoms with van der Waals surface area (Å²) in [6, 6.07) is 14.7. The van der Waals surface area contributed by atoms with Crippen LogP contribution in [-0.4, -0.2) is 23.8 Å². The molecule has 0 unspecified atom stereocenters. The lowest BCUT2D eigenvalue weighted by Gasteiger charge is -2.29. The number of amides is 2. The summed E-state index contributed by atoms with van der Waals surface area (Å²) in [5.74, 6) is 0. The molecule has 2 amide bonds. The van der Waals surface area contributed by atoms with Gasteiger partial charge in [-0.3, -0.25) is 14.8 Å². The van der Waals surface area contributed by atoms with E-state index in [4.69, 9.17) is 0 Å². The monoisotopic (exact) mass is 429 g/mol. The molecule has 154 valence electrons. The maximum atomic E-state index is 13.6. The molecule has 2 heterocycles. The third-order valence-corrected chi connectivity index (χ3v) is 5.72. The van der Waals surface area contributed by atoms with Crippen LogP contribution in [0.1, 0.15) is 11.1 Å². The number of alkyl halides is 3. The van der Waals surface area contributed by atoms with Crippen molar-refractivity contribution in [3.05, 3.63) is 78.1 Å². The zero-order valence-electron chi connectivity index (χ0n) is 16.1. The third kappa shape index (κ3) is 3.75. The smallest absolute Gasteiger partial charge is 0.293 e. The van der Waals surface area contributed by atoms with Crippen LogP contribution in [0.2, 0.25) is 0 Å². The molecule has 30 heavy (non-hydrogen) atoms. The summed E-state index contributed by atoms with van der Waals surface area (Å²) in [4.78, 5) is 20.7. The van der Waals surface area contributed by atoms with Crippen molar-refractivity contribution in [3.63, 3.8) is 0 Å². The first-order valence-electron chi connectivity index (χ1n) is 9.25. The van der Waals surface area contributed by atoms with Crippen molar-refractivity contribution in [2.24, 2.45) is 0 Å². The molecule has 0 atom stereocenters. The first-order valence-corrected chi connectivity index (χ1v) is 10.5. The molecule has 0 saturated carbocycles. The molecule has 4 nitrogen and oxygen atoms in total. The number of pyridine rings is 1. The van der Waals surface area contributed by atoms with Gasteiger partial charge in [-0.2, -0.15) is 13.2 Å². The number of nitrogens with zero attached hydrogens (tertiary/aromatic N) is 3. The Balaban J connectivity index is 1.79. The van der Waals surface area contributed by atoms with Gasteiger partial charge in [-0.15, -0.1) is 11.8 Å². The highest BCUT2D eigenvalue weighted by Crippen LogP contribution is 2.42. The minimum Gasteiger partial charge on any atom is -0.293 e. The summed E-state index contributed by atoms with van der Waals surface area (Å²) in [6.45, 7) is 0.312. The summed E-state index contributed by atoms with van der Waals surface area (Å²) >= 11 is 1.06. The molecule has 8 heteroatoms. The highest BCUT2D eigenvalue weighted by atomic mass is 32.2. The van der Waals surface area contributed by atoms with Gasteiger partial charge in [0, 0.05) is 23.3 Å². The van der Waals surface area contributed by atoms with Crippen LogP contribution in [0.25, 0.3) is 0 Å². The standard InChI is InChI=1S/C22H18F3N3OS/c1-30-20-12-15-9-11-27(19(15)13-18(20)22(23,24)25)21(29)28(16-6-3-2-4-7-16)17-8-5-10-26-14-17/h2-8,10,12-14H,9,11H2,1H3. The average Bonchev–Trinajstić information content (AvgIpc) is 3.17. The normalized spacial score (nSPS) is 13.3. The lowest BCUT2D eigenvalue weighted by molar-refractivity contribution is -0.139. The molecule has 0 fully saturated rings. The van der Waals surface area contributed by atoms with E-state index in [1.807, 2.05) is 6.07 Å². The maximum Gasteiger partial charge on any atom is 0.417 e. The molecule has 0 radical (unpaired) electrons. The lowest BCUT2D eigenvalue weighted by atomic mass is 10.1. The average molecular weight is 429 g/mol. The Hall–Kier alpha value is -3.00. The first-order chi connectivity index (χ1) is 14.4. The van der Waals surface area contributed by atoms with Crippen LogP contribution in [0, 0.1) is 0 Å². The van der Waals surface area contributed by atoms with Gasteiger partial charge in [0.25, 0.3) is 0 Å². The Morgan fingerprint density at radius 3 is 2.47 bits per heavy atom. The van der Waals surface area contributed by atoms with Gasteiger partial charge in [0.05, 0.1) is 23.1 Å². The van der Waals surface area contributed by atoms with E-state index in [9.17, 15) is 18.0 Å². The van der Waals surface area contributed by atoms with Gasteiger partial charge >= 0.3 is 12.2 Å². The van der Waals surface area contributed by atoms with Crippen molar-refractivity contribution in [1.29, 1.82) is 0 Å². The van der Waals surface area contributed by atoms with Gasteiger partial charge < -0.3 is 0 Å². The van der Waals surface area contributed by atoms with Gasteiger partial charge in [-0.1, -0.05) is 18.2 Å². The molecule has 0 bridgehead atoms. The molecule has 4 rings (SSSR count). The topological polar surface area (TPSA) is 36.4 Å². The van der Waals surface area contributed by atoms with Crippen LogP contribution in [0.4, 0.5) is 35.0 Å². The number of rotatable bonds is 3. The van der Waals surface area contributed by atoms with E-state index in [-0.39, 0.29) is 4.90 Å². The lowest BCUT2D eigenvalue weighted by Crippen LogP contribution is -2.40. The molecular formula is C22H18F3N3OS. The number of hydrogen-bond acceptors (Lipinski definition) is 3. The molecular weight excluding hydrogens is 411 g/mol. The van der Waals surface area contributed by atoms with Crippen LogP contribution in [0.3, 0.4) is 0 Å². The van der Waals surface area contributed by atoms with E-state index in [2.05, 4.69) is 4.98 Å². The van der Waals surface area contributed by atoms with E-state index in [0.29, 0.717) is 30.0 Å². The summed E-state index contributed by atoms with van der Waals surface area (Å²) in [6.07, 6.45) is 0.783. The fourth-order valence-electron chi connectivity index (χ4n) is 3.56. The van der Waals surface area contributed by atoms with Crippen LogP contribution in [0.15, 0.2) is 71.9 Å². The highest BCUT2D eigenvalue weighted by molar-refractivity contribution is 7.98. The van der Waals surface area contributed by atoms with Gasteiger partial charge in [0.15, 0.2) is 0 Å². The number of aromatic nitrogens is 1. The Morgan fingerprint density at radius 1 is 1.10 bits per heavy atom. The molecule has 1 aliphatic rings. The minimum atomic E-state index is -4.49. The Bertz CT molecular complexity index is 1020. The number of benzene rings is 2. The number of halogens is 3. The quantitative estimate of drug-likeness (QED) is 0.469. The number of carbonyl (C=O) groups is 1. The van der Waals surface area contributed by atoms with E-state index in [0.717, 1.165) is 23.4 Å². The second-order valence-electron chi connectivity index (χ2n) is 6.75. The SMILES string of the molecule is CSc1cc2c(cc1C(F)(F)F)N(C(=O)N(c1ccccc1)c1cccnc1)CC2. The van der Waals surface area contributed by atoms with Crippen molar-refractivity contribution in [2.75, 3.05) is 22.6 Å². The van der Waals surface area contributed by atoms with Gasteiger partial charge in [-0.05, 0) is 54.6 Å². The van der Waals surface area contributed by atoms with Crippen LogP contribution >= 0.6 is 11.8 Å². The summed E-state index contributed by atoms with van der Waals surface area (Å²) in [5.41, 5.74) is 1.47. The second kappa shape index (κ2) is 8.02. The van der Waals surface area contributed by atoms with Crippen molar-refractivity contribution < 1.29 is 18.0 Å². The summed E-state index contributed by atoms with van der Waals surface area (Å²) in [5, 5.41) is 0. The van der Waals surface area contributed by atoms with E-state index in [1.165, 1.54) is 9.80 Å². The Kier molecular flexibility index (Phi) is 5.42. The predicted molar refractivity (Wildman–Crippen MR) is 112 cm³/mol. The van der Waals surface area contributed by atoms with Crippen LogP contribution in [-0.2, 0) is 12.6 Å². The number of urea groups is 1.